The maximum atomic E-state index is 14.0. The Morgan fingerprint density at radius 3 is 1.95 bits per heavy atom. The summed E-state index contributed by atoms with van der Waals surface area (Å²) in [5, 5.41) is 2.79. The van der Waals surface area contributed by atoms with Gasteiger partial charge in [0, 0.05) is 15.7 Å². The molecule has 0 aliphatic carbocycles. The Balaban J connectivity index is 1.56. The monoisotopic (exact) mass is 645 g/mol. The van der Waals surface area contributed by atoms with E-state index in [-0.39, 0.29) is 10.7 Å². The molecule has 6 rings (SSSR count). The van der Waals surface area contributed by atoms with E-state index in [1.54, 1.807) is 6.08 Å². The van der Waals surface area contributed by atoms with E-state index in [1.807, 2.05) is 103 Å². The summed E-state index contributed by atoms with van der Waals surface area (Å²) < 4.78 is 3.14. The number of amides is 2. The molecule has 5 aromatic rings. The number of anilines is 1. The smallest absolute Gasteiger partial charge is 0.270 e. The van der Waals surface area contributed by atoms with Crippen molar-refractivity contribution >= 4 is 56.8 Å². The topological polar surface area (TPSA) is 54.3 Å². The van der Waals surface area contributed by atoms with Gasteiger partial charge in [-0.25, -0.2) is 0 Å². The third kappa shape index (κ3) is 5.61. The summed E-state index contributed by atoms with van der Waals surface area (Å²) in [6, 6.07) is 37.9. The zero-order chi connectivity index (χ0) is 30.1. The average Bonchev–Trinajstić information content (AvgIpc) is 3.40. The Labute approximate surface area is 264 Å². The fraction of sp³-hybridized carbons (Fsp3) is 0.0833. The van der Waals surface area contributed by atoms with E-state index in [2.05, 4.69) is 51.8 Å². The molecule has 0 atom stereocenters. The van der Waals surface area contributed by atoms with Crippen LogP contribution in [-0.2, 0) is 9.59 Å². The molecule has 0 radical (unpaired) electrons. The molecule has 2 amide bonds. The number of carbonyl (C=O) groups excluding carboxylic acids is 2. The fourth-order valence-electron chi connectivity index (χ4n) is 5.27. The number of hydrogen-bond acceptors (Lipinski definition) is 3. The lowest BCUT2D eigenvalue weighted by Crippen LogP contribution is -2.54. The normalized spacial score (nSPS) is 14.5. The van der Waals surface area contributed by atoms with E-state index in [9.17, 15) is 9.59 Å². The van der Waals surface area contributed by atoms with Crippen molar-refractivity contribution in [3.63, 3.8) is 0 Å². The number of thiocarbonyl (C=S) groups is 1. The number of aromatic nitrogens is 1. The van der Waals surface area contributed by atoms with E-state index in [1.165, 1.54) is 4.90 Å². The average molecular weight is 647 g/mol. The van der Waals surface area contributed by atoms with E-state index in [0.29, 0.717) is 11.6 Å². The molecule has 43 heavy (non-hydrogen) atoms. The molecule has 4 aromatic carbocycles. The Morgan fingerprint density at radius 2 is 1.35 bits per heavy atom. The van der Waals surface area contributed by atoms with Crippen LogP contribution in [0.4, 0.5) is 5.69 Å². The summed E-state index contributed by atoms with van der Waals surface area (Å²) in [7, 11) is 0. The quantitative estimate of drug-likeness (QED) is 0.114. The highest BCUT2D eigenvalue weighted by molar-refractivity contribution is 9.10. The lowest BCUT2D eigenvalue weighted by molar-refractivity contribution is -0.122. The molecule has 7 heteroatoms. The second kappa shape index (κ2) is 12.0. The van der Waals surface area contributed by atoms with Gasteiger partial charge in [0.15, 0.2) is 5.11 Å². The van der Waals surface area contributed by atoms with Gasteiger partial charge in [0.2, 0.25) is 0 Å². The third-order valence-corrected chi connectivity index (χ3v) is 8.26. The number of benzene rings is 4. The molecule has 1 fully saturated rings. The van der Waals surface area contributed by atoms with Crippen LogP contribution in [0.2, 0.25) is 0 Å². The molecular weight excluding hydrogens is 618 g/mol. The third-order valence-electron chi connectivity index (χ3n) is 7.45. The number of carbonyl (C=O) groups is 2. The predicted octanol–water partition coefficient (Wildman–Crippen LogP) is 8.53. The van der Waals surface area contributed by atoms with Crippen LogP contribution in [0, 0.1) is 0 Å². The summed E-state index contributed by atoms with van der Waals surface area (Å²) in [4.78, 5) is 28.7. The van der Waals surface area contributed by atoms with Crippen molar-refractivity contribution in [3.05, 3.63) is 136 Å². The maximum Gasteiger partial charge on any atom is 0.270 e. The van der Waals surface area contributed by atoms with Crippen molar-refractivity contribution in [2.24, 2.45) is 0 Å². The van der Waals surface area contributed by atoms with Crippen LogP contribution in [0.25, 0.3) is 34.3 Å². The van der Waals surface area contributed by atoms with Crippen LogP contribution in [0.5, 0.6) is 0 Å². The molecule has 1 N–H and O–H groups in total. The summed E-state index contributed by atoms with van der Waals surface area (Å²) in [5.74, 6) is -0.650. The molecule has 1 aliphatic rings. The minimum absolute atomic E-state index is 0.00582. The van der Waals surface area contributed by atoms with Gasteiger partial charge in [0.05, 0.1) is 17.1 Å². The molecule has 0 saturated carbocycles. The number of nitrogens with one attached hydrogen (secondary N) is 1. The Bertz CT molecular complexity index is 1860. The number of halogens is 1. The molecule has 0 unspecified atom stereocenters. The van der Waals surface area contributed by atoms with Gasteiger partial charge in [-0.2, -0.15) is 0 Å². The van der Waals surface area contributed by atoms with Crippen LogP contribution in [0.1, 0.15) is 30.9 Å². The second-order valence-electron chi connectivity index (χ2n) is 10.6. The Kier molecular flexibility index (Phi) is 7.93. The van der Waals surface area contributed by atoms with E-state index < -0.39 is 11.8 Å². The number of hydrogen-bond donors (Lipinski definition) is 1. The number of nitrogens with zero attached hydrogens (tertiary/aromatic N) is 2. The fourth-order valence-corrected chi connectivity index (χ4v) is 5.81. The van der Waals surface area contributed by atoms with Gasteiger partial charge in [0.25, 0.3) is 11.8 Å². The van der Waals surface area contributed by atoms with Gasteiger partial charge in [-0.05, 0) is 83.4 Å². The van der Waals surface area contributed by atoms with Crippen LogP contribution in [0.3, 0.4) is 0 Å². The molecule has 0 spiro atoms. The van der Waals surface area contributed by atoms with E-state index in [4.69, 9.17) is 12.2 Å². The highest BCUT2D eigenvalue weighted by Crippen LogP contribution is 2.38. The zero-order valence-corrected chi connectivity index (χ0v) is 26.0. The summed E-state index contributed by atoms with van der Waals surface area (Å²) in [6.07, 6.45) is 1.68. The van der Waals surface area contributed by atoms with Gasteiger partial charge in [-0.3, -0.25) is 19.8 Å². The van der Waals surface area contributed by atoms with Gasteiger partial charge in [-0.15, -0.1) is 0 Å². The zero-order valence-electron chi connectivity index (χ0n) is 23.6. The maximum absolute atomic E-state index is 14.0. The molecule has 1 saturated heterocycles. The van der Waals surface area contributed by atoms with Crippen LogP contribution >= 0.6 is 28.1 Å². The largest absolute Gasteiger partial charge is 0.309 e. The minimum atomic E-state index is -0.526. The first-order valence-electron chi connectivity index (χ1n) is 14.0. The first-order chi connectivity index (χ1) is 20.8. The molecule has 1 aliphatic heterocycles. The Morgan fingerprint density at radius 1 is 0.767 bits per heavy atom. The minimum Gasteiger partial charge on any atom is -0.309 e. The van der Waals surface area contributed by atoms with Crippen molar-refractivity contribution in [1.82, 2.24) is 9.88 Å². The van der Waals surface area contributed by atoms with Gasteiger partial charge >= 0.3 is 0 Å². The lowest BCUT2D eigenvalue weighted by Gasteiger charge is -2.29. The predicted molar refractivity (Wildman–Crippen MR) is 181 cm³/mol. The molecule has 5 nitrogen and oxygen atoms in total. The first-order valence-corrected chi connectivity index (χ1v) is 15.2. The second-order valence-corrected chi connectivity index (χ2v) is 11.9. The molecule has 1 aromatic heterocycles. The van der Waals surface area contributed by atoms with Crippen LogP contribution in [0.15, 0.2) is 125 Å². The van der Waals surface area contributed by atoms with Crippen molar-refractivity contribution in [2.45, 2.75) is 19.8 Å². The molecule has 2 heterocycles. The van der Waals surface area contributed by atoms with Crippen LogP contribution < -0.4 is 10.2 Å². The molecule has 212 valence electrons. The standard InChI is InChI=1S/C36H28BrN3O2S/c1-23(2)24-13-17-30(18-14-24)40-35(42)31(34(41)38-36(40)43)21-27-22-32(25-9-5-3-6-10-25)39(29-19-15-28(37)16-20-29)33(27)26-11-7-4-8-12-26/h3-23H,1-2H3,(H,38,41,43)/b31-21-. The summed E-state index contributed by atoms with van der Waals surface area (Å²) in [5.41, 5.74) is 7.16. The van der Waals surface area contributed by atoms with Crippen LogP contribution in [-0.4, -0.2) is 21.5 Å². The van der Waals surface area contributed by atoms with Crippen molar-refractivity contribution < 1.29 is 9.59 Å². The van der Waals surface area contributed by atoms with Crippen molar-refractivity contribution in [1.29, 1.82) is 0 Å². The summed E-state index contributed by atoms with van der Waals surface area (Å²) in [6.45, 7) is 4.22. The highest BCUT2D eigenvalue weighted by atomic mass is 79.9. The molecular formula is C36H28BrN3O2S. The van der Waals surface area contributed by atoms with Crippen molar-refractivity contribution in [2.75, 3.05) is 4.90 Å². The van der Waals surface area contributed by atoms with E-state index >= 15 is 0 Å². The lowest BCUT2D eigenvalue weighted by atomic mass is 10.0. The van der Waals surface area contributed by atoms with Gasteiger partial charge < -0.3 is 4.57 Å². The SMILES string of the molecule is CC(C)c1ccc(N2C(=O)/C(=C\c3cc(-c4ccccc4)n(-c4ccc(Br)cc4)c3-c3ccccc3)C(=O)NC2=S)cc1. The van der Waals surface area contributed by atoms with E-state index in [0.717, 1.165) is 43.8 Å². The van der Waals surface area contributed by atoms with Gasteiger partial charge in [-0.1, -0.05) is 103 Å². The van der Waals surface area contributed by atoms with Gasteiger partial charge in [0.1, 0.15) is 5.57 Å². The van der Waals surface area contributed by atoms with Crippen molar-refractivity contribution in [3.8, 4) is 28.2 Å². The molecule has 0 bridgehead atoms. The number of rotatable bonds is 6. The highest BCUT2D eigenvalue weighted by Gasteiger charge is 2.35. The summed E-state index contributed by atoms with van der Waals surface area (Å²) >= 11 is 9.02. The Hall–Kier alpha value is -4.59. The first kappa shape index (κ1) is 28.5.